The van der Waals surface area contributed by atoms with Gasteiger partial charge in [-0.05, 0) is 32.3 Å². The summed E-state index contributed by atoms with van der Waals surface area (Å²) >= 11 is 2.92. The fourth-order valence-electron chi connectivity index (χ4n) is 2.20. The minimum atomic E-state index is -0.876. The Kier molecular flexibility index (Phi) is 8.01. The van der Waals surface area contributed by atoms with E-state index in [9.17, 15) is 9.18 Å². The van der Waals surface area contributed by atoms with Gasteiger partial charge in [0.15, 0.2) is 11.6 Å². The SMILES string of the molecule is CNCCCOc1cc(SC)c(N=CC2NC(C(=O)O)CS2)cc1F. The summed E-state index contributed by atoms with van der Waals surface area (Å²) in [6.07, 6.45) is 4.30. The summed E-state index contributed by atoms with van der Waals surface area (Å²) in [6.45, 7) is 1.25. The third kappa shape index (κ3) is 5.88. The Hall–Kier alpha value is -1.29. The first-order valence-electron chi connectivity index (χ1n) is 7.84. The summed E-state index contributed by atoms with van der Waals surface area (Å²) in [4.78, 5) is 16.1. The maximum absolute atomic E-state index is 14.2. The standard InChI is InChI=1S/C16H22FN3O3S2/c1-18-4-3-5-23-13-7-14(24-2)11(6-10(13)17)19-8-15-20-12(9-25-15)16(21)22/h6-8,12,15,18,20H,3-5,9H2,1-2H3,(H,21,22). The number of thioether (sulfide) groups is 2. The van der Waals surface area contributed by atoms with Gasteiger partial charge >= 0.3 is 5.97 Å². The molecule has 138 valence electrons. The van der Waals surface area contributed by atoms with Gasteiger partial charge in [-0.1, -0.05) is 0 Å². The number of carbonyl (C=O) groups is 1. The molecule has 0 spiro atoms. The molecular weight excluding hydrogens is 365 g/mol. The molecule has 1 aromatic carbocycles. The zero-order chi connectivity index (χ0) is 18.2. The minimum Gasteiger partial charge on any atom is -0.490 e. The van der Waals surface area contributed by atoms with Crippen LogP contribution in [0.1, 0.15) is 6.42 Å². The van der Waals surface area contributed by atoms with Crippen molar-refractivity contribution in [2.24, 2.45) is 4.99 Å². The highest BCUT2D eigenvalue weighted by atomic mass is 32.2. The van der Waals surface area contributed by atoms with E-state index in [2.05, 4.69) is 15.6 Å². The summed E-state index contributed by atoms with van der Waals surface area (Å²) in [5.41, 5.74) is 0.508. The lowest BCUT2D eigenvalue weighted by Gasteiger charge is -2.11. The number of nitrogens with zero attached hydrogens (tertiary/aromatic N) is 1. The predicted octanol–water partition coefficient (Wildman–Crippen LogP) is 2.35. The second-order valence-electron chi connectivity index (χ2n) is 5.35. The molecule has 1 aliphatic heterocycles. The first-order valence-corrected chi connectivity index (χ1v) is 10.1. The Labute approximate surface area is 155 Å². The number of hydrogen-bond donors (Lipinski definition) is 3. The van der Waals surface area contributed by atoms with Crippen LogP contribution in [0.4, 0.5) is 10.1 Å². The van der Waals surface area contributed by atoms with Crippen LogP contribution in [0.5, 0.6) is 5.75 Å². The number of rotatable bonds is 9. The van der Waals surface area contributed by atoms with Gasteiger partial charge in [-0.25, -0.2) is 4.39 Å². The fraction of sp³-hybridized carbons (Fsp3) is 0.500. The van der Waals surface area contributed by atoms with Gasteiger partial charge in [-0.2, -0.15) is 0 Å². The summed E-state index contributed by atoms with van der Waals surface area (Å²) < 4.78 is 19.7. The zero-order valence-corrected chi connectivity index (χ0v) is 15.8. The number of nitrogens with one attached hydrogen (secondary N) is 2. The van der Waals surface area contributed by atoms with Crippen molar-refractivity contribution in [2.75, 3.05) is 32.2 Å². The van der Waals surface area contributed by atoms with E-state index in [1.165, 1.54) is 29.6 Å². The first-order chi connectivity index (χ1) is 12.0. The average molecular weight is 388 g/mol. The Morgan fingerprint density at radius 1 is 1.64 bits per heavy atom. The van der Waals surface area contributed by atoms with Crippen LogP contribution in [-0.4, -0.2) is 60.9 Å². The summed E-state index contributed by atoms with van der Waals surface area (Å²) in [7, 11) is 1.86. The maximum atomic E-state index is 14.2. The number of aliphatic imine (C=N–C) groups is 1. The summed E-state index contributed by atoms with van der Waals surface area (Å²) in [5.74, 6) is -0.627. The van der Waals surface area contributed by atoms with E-state index in [4.69, 9.17) is 9.84 Å². The number of halogens is 1. The Morgan fingerprint density at radius 3 is 3.08 bits per heavy atom. The van der Waals surface area contributed by atoms with Gasteiger partial charge in [0.25, 0.3) is 0 Å². The van der Waals surface area contributed by atoms with Crippen molar-refractivity contribution in [3.63, 3.8) is 0 Å². The molecule has 0 radical (unpaired) electrons. The molecule has 25 heavy (non-hydrogen) atoms. The molecule has 1 fully saturated rings. The fourth-order valence-corrected chi connectivity index (χ4v) is 3.79. The molecule has 1 aliphatic rings. The lowest BCUT2D eigenvalue weighted by Crippen LogP contribution is -2.36. The minimum absolute atomic E-state index is 0.198. The Balaban J connectivity index is 2.04. The number of benzene rings is 1. The van der Waals surface area contributed by atoms with E-state index in [1.807, 2.05) is 13.3 Å². The van der Waals surface area contributed by atoms with Gasteiger partial charge in [0.2, 0.25) is 0 Å². The third-order valence-electron chi connectivity index (χ3n) is 3.52. The Morgan fingerprint density at radius 2 is 2.44 bits per heavy atom. The van der Waals surface area contributed by atoms with Gasteiger partial charge in [0.05, 0.1) is 17.7 Å². The van der Waals surface area contributed by atoms with E-state index in [1.54, 1.807) is 12.3 Å². The van der Waals surface area contributed by atoms with E-state index >= 15 is 0 Å². The van der Waals surface area contributed by atoms with Crippen molar-refractivity contribution in [2.45, 2.75) is 22.7 Å². The molecule has 0 bridgehead atoms. The molecule has 9 heteroatoms. The maximum Gasteiger partial charge on any atom is 0.321 e. The van der Waals surface area contributed by atoms with E-state index in [0.29, 0.717) is 18.0 Å². The topological polar surface area (TPSA) is 83.0 Å². The smallest absolute Gasteiger partial charge is 0.321 e. The van der Waals surface area contributed by atoms with Gasteiger partial charge in [-0.3, -0.25) is 15.1 Å². The van der Waals surface area contributed by atoms with Crippen LogP contribution in [0, 0.1) is 5.82 Å². The third-order valence-corrected chi connectivity index (χ3v) is 5.43. The number of hydrogen-bond acceptors (Lipinski definition) is 7. The lowest BCUT2D eigenvalue weighted by atomic mass is 10.3. The molecule has 1 heterocycles. The number of carboxylic acid groups (broad SMARTS) is 1. The second-order valence-corrected chi connectivity index (χ2v) is 7.37. The van der Waals surface area contributed by atoms with Crippen LogP contribution >= 0.6 is 23.5 Å². The molecule has 6 nitrogen and oxygen atoms in total. The van der Waals surface area contributed by atoms with Crippen LogP contribution in [0.15, 0.2) is 22.0 Å². The van der Waals surface area contributed by atoms with E-state index in [0.717, 1.165) is 17.9 Å². The lowest BCUT2D eigenvalue weighted by molar-refractivity contribution is -0.138. The molecule has 2 rings (SSSR count). The second kappa shape index (κ2) is 10.0. The molecule has 0 saturated carbocycles. The van der Waals surface area contributed by atoms with Gasteiger partial charge in [0.1, 0.15) is 6.04 Å². The molecule has 0 aliphatic carbocycles. The van der Waals surface area contributed by atoms with E-state index in [-0.39, 0.29) is 11.1 Å². The largest absolute Gasteiger partial charge is 0.490 e. The molecule has 1 aromatic rings. The highest BCUT2D eigenvalue weighted by Crippen LogP contribution is 2.34. The molecule has 3 N–H and O–H groups in total. The Bertz CT molecular complexity index is 631. The number of aliphatic carboxylic acids is 1. The van der Waals surface area contributed by atoms with Gasteiger partial charge < -0.3 is 15.2 Å². The van der Waals surface area contributed by atoms with Crippen molar-refractivity contribution < 1.29 is 19.0 Å². The monoisotopic (exact) mass is 387 g/mol. The highest BCUT2D eigenvalue weighted by molar-refractivity contribution is 8.00. The van der Waals surface area contributed by atoms with Crippen LogP contribution in [-0.2, 0) is 4.79 Å². The zero-order valence-electron chi connectivity index (χ0n) is 14.1. The summed E-state index contributed by atoms with van der Waals surface area (Å²) in [5, 5.41) is 14.7. The van der Waals surface area contributed by atoms with Crippen molar-refractivity contribution in [3.05, 3.63) is 17.9 Å². The molecule has 2 unspecified atom stereocenters. The normalized spacial score (nSPS) is 20.3. The van der Waals surface area contributed by atoms with Gasteiger partial charge in [0, 0.05) is 22.9 Å². The quantitative estimate of drug-likeness (QED) is 0.341. The van der Waals surface area contributed by atoms with Gasteiger partial charge in [-0.15, -0.1) is 23.5 Å². The van der Waals surface area contributed by atoms with Crippen molar-refractivity contribution >= 4 is 41.4 Å². The molecule has 0 amide bonds. The van der Waals surface area contributed by atoms with E-state index < -0.39 is 17.8 Å². The highest BCUT2D eigenvalue weighted by Gasteiger charge is 2.28. The van der Waals surface area contributed by atoms with Crippen LogP contribution < -0.4 is 15.4 Å². The number of carboxylic acids is 1. The van der Waals surface area contributed by atoms with Crippen LogP contribution in [0.25, 0.3) is 0 Å². The number of ether oxygens (including phenoxy) is 1. The molecular formula is C16H22FN3O3S2. The van der Waals surface area contributed by atoms with Crippen LogP contribution in [0.3, 0.4) is 0 Å². The van der Waals surface area contributed by atoms with Crippen molar-refractivity contribution in [3.8, 4) is 5.75 Å². The molecule has 2 atom stereocenters. The molecule has 1 saturated heterocycles. The van der Waals surface area contributed by atoms with Crippen molar-refractivity contribution in [1.29, 1.82) is 0 Å². The van der Waals surface area contributed by atoms with Crippen LogP contribution in [0.2, 0.25) is 0 Å². The predicted molar refractivity (Wildman–Crippen MR) is 101 cm³/mol. The summed E-state index contributed by atoms with van der Waals surface area (Å²) in [6, 6.07) is 2.43. The molecule has 0 aromatic heterocycles. The first kappa shape index (κ1) is 20.0. The van der Waals surface area contributed by atoms with Crippen molar-refractivity contribution in [1.82, 2.24) is 10.6 Å². The average Bonchev–Trinajstić information content (AvgIpc) is 3.07.